The molecule has 0 bridgehead atoms. The van der Waals surface area contributed by atoms with Gasteiger partial charge in [-0.3, -0.25) is 4.79 Å². The molecule has 0 aliphatic heterocycles. The number of thiophene rings is 1. The number of nitrogens with one attached hydrogen (secondary N) is 1. The maximum atomic E-state index is 12.2. The van der Waals surface area contributed by atoms with E-state index in [-0.39, 0.29) is 5.91 Å². The number of allylic oxidation sites excluding steroid dienone is 1. The van der Waals surface area contributed by atoms with Crippen LogP contribution < -0.4 is 9.82 Å². The van der Waals surface area contributed by atoms with Crippen LogP contribution in [0.25, 0.3) is 0 Å². The van der Waals surface area contributed by atoms with Crippen molar-refractivity contribution in [3.63, 3.8) is 0 Å². The van der Waals surface area contributed by atoms with Gasteiger partial charge < -0.3 is 5.32 Å². The zero-order valence-electron chi connectivity index (χ0n) is 11.5. The third-order valence-electron chi connectivity index (χ3n) is 2.67. The molecular formula is C13H21NOSSi. The molecule has 0 aromatic carbocycles. The van der Waals surface area contributed by atoms with Gasteiger partial charge in [0.1, 0.15) is 0 Å². The van der Waals surface area contributed by atoms with E-state index in [2.05, 4.69) is 31.9 Å². The van der Waals surface area contributed by atoms with E-state index in [9.17, 15) is 4.79 Å². The molecule has 1 rings (SSSR count). The SMILES string of the molecule is CC=CNC(=O)c1c([Si](C)(C)C)sc(C)c1C. The van der Waals surface area contributed by atoms with Gasteiger partial charge in [-0.25, -0.2) is 0 Å². The van der Waals surface area contributed by atoms with E-state index in [1.165, 1.54) is 9.38 Å². The smallest absolute Gasteiger partial charge is 0.256 e. The molecule has 4 heteroatoms. The number of hydrogen-bond acceptors (Lipinski definition) is 2. The molecular weight excluding hydrogens is 246 g/mol. The summed E-state index contributed by atoms with van der Waals surface area (Å²) in [5, 5.41) is 2.82. The fourth-order valence-corrected chi connectivity index (χ4v) is 5.30. The van der Waals surface area contributed by atoms with Crippen molar-refractivity contribution in [2.75, 3.05) is 0 Å². The van der Waals surface area contributed by atoms with Crippen LogP contribution in [0, 0.1) is 13.8 Å². The number of rotatable bonds is 3. The van der Waals surface area contributed by atoms with Gasteiger partial charge in [-0.2, -0.15) is 0 Å². The molecule has 1 aromatic rings. The maximum Gasteiger partial charge on any atom is 0.256 e. The highest BCUT2D eigenvalue weighted by molar-refractivity contribution is 7.27. The number of carbonyl (C=O) groups is 1. The zero-order chi connectivity index (χ0) is 13.2. The van der Waals surface area contributed by atoms with Crippen LogP contribution in [0.1, 0.15) is 27.7 Å². The average molecular weight is 267 g/mol. The summed E-state index contributed by atoms with van der Waals surface area (Å²) in [5.41, 5.74) is 2.04. The molecule has 0 spiro atoms. The summed E-state index contributed by atoms with van der Waals surface area (Å²) in [6, 6.07) is 0. The van der Waals surface area contributed by atoms with E-state index < -0.39 is 8.07 Å². The van der Waals surface area contributed by atoms with Crippen LogP contribution in [0.5, 0.6) is 0 Å². The Morgan fingerprint density at radius 3 is 2.35 bits per heavy atom. The zero-order valence-corrected chi connectivity index (χ0v) is 13.3. The quantitative estimate of drug-likeness (QED) is 0.837. The average Bonchev–Trinajstić information content (AvgIpc) is 2.52. The summed E-state index contributed by atoms with van der Waals surface area (Å²) in [5.74, 6) is 0.0300. The van der Waals surface area contributed by atoms with Crippen LogP contribution in [0.2, 0.25) is 19.6 Å². The standard InChI is InChI=1S/C13H21NOSSi/c1-7-8-14-12(15)11-9(2)10(3)16-13(11)17(4,5)6/h7-8H,1-6H3,(H,14,15). The summed E-state index contributed by atoms with van der Waals surface area (Å²) >= 11 is 1.79. The Kier molecular flexibility index (Phi) is 4.33. The molecule has 1 amide bonds. The van der Waals surface area contributed by atoms with Crippen LogP contribution in [-0.4, -0.2) is 14.0 Å². The summed E-state index contributed by atoms with van der Waals surface area (Å²) in [6.45, 7) is 12.9. The van der Waals surface area contributed by atoms with Gasteiger partial charge in [-0.15, -0.1) is 11.3 Å². The first-order chi connectivity index (χ1) is 7.79. The lowest BCUT2D eigenvalue weighted by atomic mass is 10.1. The molecule has 0 atom stereocenters. The largest absolute Gasteiger partial charge is 0.329 e. The summed E-state index contributed by atoms with van der Waals surface area (Å²) in [4.78, 5) is 13.4. The van der Waals surface area contributed by atoms with Gasteiger partial charge in [0.2, 0.25) is 0 Å². The highest BCUT2D eigenvalue weighted by atomic mass is 32.1. The van der Waals surface area contributed by atoms with Crippen molar-refractivity contribution in [3.8, 4) is 0 Å². The molecule has 1 aromatic heterocycles. The number of aryl methyl sites for hydroxylation is 1. The Hall–Kier alpha value is -0.873. The van der Waals surface area contributed by atoms with E-state index in [0.717, 1.165) is 11.1 Å². The lowest BCUT2D eigenvalue weighted by molar-refractivity contribution is 0.0971. The lowest BCUT2D eigenvalue weighted by Crippen LogP contribution is -2.40. The Bertz CT molecular complexity index is 455. The van der Waals surface area contributed by atoms with Crippen LogP contribution in [-0.2, 0) is 0 Å². The summed E-state index contributed by atoms with van der Waals surface area (Å²) in [6.07, 6.45) is 3.53. The predicted molar refractivity (Wildman–Crippen MR) is 79.1 cm³/mol. The molecule has 2 nitrogen and oxygen atoms in total. The first-order valence-corrected chi connectivity index (χ1v) is 10.1. The van der Waals surface area contributed by atoms with Crippen molar-refractivity contribution >= 4 is 29.8 Å². The number of carbonyl (C=O) groups excluding carboxylic acids is 1. The highest BCUT2D eigenvalue weighted by Gasteiger charge is 2.28. The van der Waals surface area contributed by atoms with E-state index in [4.69, 9.17) is 0 Å². The lowest BCUT2D eigenvalue weighted by Gasteiger charge is -2.16. The molecule has 1 heterocycles. The predicted octanol–water partition coefficient (Wildman–Crippen LogP) is 3.17. The summed E-state index contributed by atoms with van der Waals surface area (Å²) in [7, 11) is -1.46. The molecule has 0 saturated carbocycles. The van der Waals surface area contributed by atoms with Gasteiger partial charge in [0, 0.05) is 9.38 Å². The number of amides is 1. The van der Waals surface area contributed by atoms with Crippen molar-refractivity contribution in [1.29, 1.82) is 0 Å². The minimum atomic E-state index is -1.46. The Labute approximate surface area is 109 Å². The fourth-order valence-electron chi connectivity index (χ4n) is 1.66. The van der Waals surface area contributed by atoms with Gasteiger partial charge in [0.25, 0.3) is 5.91 Å². The first-order valence-electron chi connectivity index (χ1n) is 5.81. The van der Waals surface area contributed by atoms with E-state index >= 15 is 0 Å². The minimum Gasteiger partial charge on any atom is -0.329 e. The second-order valence-electron chi connectivity index (χ2n) is 5.21. The van der Waals surface area contributed by atoms with Gasteiger partial charge in [0.05, 0.1) is 13.6 Å². The van der Waals surface area contributed by atoms with Gasteiger partial charge >= 0.3 is 0 Å². The summed E-state index contributed by atoms with van der Waals surface area (Å²) < 4.78 is 1.30. The molecule has 0 aliphatic rings. The molecule has 0 aliphatic carbocycles. The first kappa shape index (κ1) is 14.2. The highest BCUT2D eigenvalue weighted by Crippen LogP contribution is 2.22. The second kappa shape index (κ2) is 5.19. The van der Waals surface area contributed by atoms with Crippen LogP contribution in [0.3, 0.4) is 0 Å². The Morgan fingerprint density at radius 2 is 1.88 bits per heavy atom. The molecule has 94 valence electrons. The Balaban J connectivity index is 3.26. The third-order valence-corrected chi connectivity index (χ3v) is 7.45. The van der Waals surface area contributed by atoms with Crippen molar-refractivity contribution in [2.45, 2.75) is 40.4 Å². The number of hydrogen-bond donors (Lipinski definition) is 1. The van der Waals surface area contributed by atoms with E-state index in [1.54, 1.807) is 17.5 Å². The normalized spacial score (nSPS) is 12.1. The van der Waals surface area contributed by atoms with Crippen molar-refractivity contribution in [3.05, 3.63) is 28.3 Å². The van der Waals surface area contributed by atoms with Gasteiger partial charge in [-0.1, -0.05) is 25.7 Å². The van der Waals surface area contributed by atoms with Crippen LogP contribution >= 0.6 is 11.3 Å². The second-order valence-corrected chi connectivity index (χ2v) is 11.8. The Morgan fingerprint density at radius 1 is 1.29 bits per heavy atom. The molecule has 0 radical (unpaired) electrons. The monoisotopic (exact) mass is 267 g/mol. The fraction of sp³-hybridized carbons (Fsp3) is 0.462. The molecule has 17 heavy (non-hydrogen) atoms. The molecule has 0 saturated heterocycles. The van der Waals surface area contributed by atoms with Gasteiger partial charge in [-0.05, 0) is 32.5 Å². The van der Waals surface area contributed by atoms with E-state index in [1.807, 2.05) is 19.9 Å². The van der Waals surface area contributed by atoms with Crippen molar-refractivity contribution in [1.82, 2.24) is 5.32 Å². The van der Waals surface area contributed by atoms with Gasteiger partial charge in [0.15, 0.2) is 0 Å². The van der Waals surface area contributed by atoms with Crippen LogP contribution in [0.15, 0.2) is 12.3 Å². The molecule has 0 fully saturated rings. The molecule has 0 unspecified atom stereocenters. The van der Waals surface area contributed by atoms with Crippen LogP contribution in [0.4, 0.5) is 0 Å². The van der Waals surface area contributed by atoms with E-state index in [0.29, 0.717) is 0 Å². The van der Waals surface area contributed by atoms with Crippen molar-refractivity contribution < 1.29 is 4.79 Å². The maximum absolute atomic E-state index is 12.2. The van der Waals surface area contributed by atoms with Crippen molar-refractivity contribution in [2.24, 2.45) is 0 Å². The molecule has 1 N–H and O–H groups in total. The minimum absolute atomic E-state index is 0.0300. The topological polar surface area (TPSA) is 29.1 Å². The third kappa shape index (κ3) is 3.07.